The van der Waals surface area contributed by atoms with E-state index in [4.69, 9.17) is 9.47 Å². The minimum Gasteiger partial charge on any atom is -0.377 e. The van der Waals surface area contributed by atoms with Gasteiger partial charge in [-0.25, -0.2) is 18.2 Å². The van der Waals surface area contributed by atoms with Crippen LogP contribution in [0.1, 0.15) is 51.0 Å². The van der Waals surface area contributed by atoms with E-state index in [-0.39, 0.29) is 23.6 Å². The SMILES string of the molecule is CCN(COCC[Si](C)(C)C)NCCNC(C)COC1CCC(c2c(F)ccc(F)c2F)CC1. The number of benzene rings is 1. The molecule has 1 aliphatic rings. The molecule has 1 aromatic carbocycles. The highest BCUT2D eigenvalue weighted by atomic mass is 28.3. The largest absolute Gasteiger partial charge is 0.377 e. The Kier molecular flexibility index (Phi) is 12.5. The molecular formula is C25H44F3N3O2Si. The van der Waals surface area contributed by atoms with Crippen LogP contribution >= 0.6 is 0 Å². The maximum atomic E-state index is 14.1. The monoisotopic (exact) mass is 503 g/mol. The van der Waals surface area contributed by atoms with Crippen molar-refractivity contribution in [2.45, 2.75) is 83.3 Å². The fourth-order valence-electron chi connectivity index (χ4n) is 4.11. The second kappa shape index (κ2) is 14.6. The molecule has 5 nitrogen and oxygen atoms in total. The van der Waals surface area contributed by atoms with Crippen LogP contribution in [0.4, 0.5) is 13.2 Å². The van der Waals surface area contributed by atoms with Crippen LogP contribution in [0.15, 0.2) is 12.1 Å². The highest BCUT2D eigenvalue weighted by Crippen LogP contribution is 2.37. The van der Waals surface area contributed by atoms with E-state index in [2.05, 4.69) is 49.2 Å². The number of hydrogen-bond acceptors (Lipinski definition) is 5. The molecule has 0 aliphatic heterocycles. The van der Waals surface area contributed by atoms with E-state index in [1.54, 1.807) is 0 Å². The Morgan fingerprint density at radius 2 is 1.74 bits per heavy atom. The number of nitrogens with zero attached hydrogens (tertiary/aromatic N) is 1. The summed E-state index contributed by atoms with van der Waals surface area (Å²) in [5, 5.41) is 5.53. The molecule has 0 aromatic heterocycles. The summed E-state index contributed by atoms with van der Waals surface area (Å²) in [6.07, 6.45) is 2.71. The van der Waals surface area contributed by atoms with Gasteiger partial charge in [0.2, 0.25) is 0 Å². The Balaban J connectivity index is 1.58. The maximum absolute atomic E-state index is 14.1. The van der Waals surface area contributed by atoms with Gasteiger partial charge in [-0.1, -0.05) is 26.6 Å². The summed E-state index contributed by atoms with van der Waals surface area (Å²) < 4.78 is 53.5. The van der Waals surface area contributed by atoms with Gasteiger partial charge in [-0.2, -0.15) is 0 Å². The molecule has 0 bridgehead atoms. The zero-order chi connectivity index (χ0) is 25.1. The van der Waals surface area contributed by atoms with E-state index < -0.39 is 25.5 Å². The van der Waals surface area contributed by atoms with Crippen LogP contribution in [0.3, 0.4) is 0 Å². The van der Waals surface area contributed by atoms with Gasteiger partial charge in [0.05, 0.1) is 12.7 Å². The van der Waals surface area contributed by atoms with Crippen molar-refractivity contribution in [3.05, 3.63) is 35.1 Å². The van der Waals surface area contributed by atoms with Gasteiger partial charge < -0.3 is 14.8 Å². The van der Waals surface area contributed by atoms with E-state index in [0.29, 0.717) is 26.2 Å². The van der Waals surface area contributed by atoms with Crippen molar-refractivity contribution in [2.75, 3.05) is 39.6 Å². The lowest BCUT2D eigenvalue weighted by molar-refractivity contribution is 0.00559. The van der Waals surface area contributed by atoms with Gasteiger partial charge >= 0.3 is 0 Å². The van der Waals surface area contributed by atoms with Crippen LogP contribution in [0.25, 0.3) is 0 Å². The van der Waals surface area contributed by atoms with Gasteiger partial charge in [0.15, 0.2) is 11.6 Å². The Morgan fingerprint density at radius 1 is 1.06 bits per heavy atom. The summed E-state index contributed by atoms with van der Waals surface area (Å²) in [5.41, 5.74) is 3.28. The molecule has 9 heteroatoms. The average Bonchev–Trinajstić information content (AvgIpc) is 2.79. The van der Waals surface area contributed by atoms with E-state index in [1.165, 1.54) is 6.04 Å². The van der Waals surface area contributed by atoms with Crippen molar-refractivity contribution < 1.29 is 22.6 Å². The number of ether oxygens (including phenoxy) is 2. The summed E-state index contributed by atoms with van der Waals surface area (Å²) in [5.74, 6) is -2.98. The lowest BCUT2D eigenvalue weighted by Gasteiger charge is -2.30. The molecule has 0 spiro atoms. The fraction of sp³-hybridized carbons (Fsp3) is 0.760. The van der Waals surface area contributed by atoms with Crippen molar-refractivity contribution in [3.8, 4) is 0 Å². The maximum Gasteiger partial charge on any atom is 0.165 e. The molecular weight excluding hydrogens is 459 g/mol. The highest BCUT2D eigenvalue weighted by Gasteiger charge is 2.28. The number of hydrazine groups is 1. The van der Waals surface area contributed by atoms with Crippen LogP contribution in [-0.4, -0.2) is 64.8 Å². The molecule has 1 saturated carbocycles. The zero-order valence-electron chi connectivity index (χ0n) is 21.6. The first-order valence-corrected chi connectivity index (χ1v) is 16.4. The molecule has 2 N–H and O–H groups in total. The first-order chi connectivity index (χ1) is 16.1. The molecule has 1 unspecified atom stereocenters. The molecule has 1 atom stereocenters. The molecule has 0 saturated heterocycles. The second-order valence-corrected chi connectivity index (χ2v) is 16.2. The summed E-state index contributed by atoms with van der Waals surface area (Å²) in [7, 11) is -1.06. The molecule has 2 rings (SSSR count). The molecule has 1 aromatic rings. The summed E-state index contributed by atoms with van der Waals surface area (Å²) in [4.78, 5) is 0. The van der Waals surface area contributed by atoms with Crippen LogP contribution in [0.2, 0.25) is 25.7 Å². The highest BCUT2D eigenvalue weighted by molar-refractivity contribution is 6.76. The van der Waals surface area contributed by atoms with Gasteiger partial charge in [-0.05, 0) is 56.7 Å². The third kappa shape index (κ3) is 10.3. The third-order valence-corrected chi connectivity index (χ3v) is 8.03. The van der Waals surface area contributed by atoms with Gasteiger partial charge in [-0.3, -0.25) is 5.43 Å². The molecule has 0 heterocycles. The van der Waals surface area contributed by atoms with Crippen molar-refractivity contribution in [1.29, 1.82) is 0 Å². The second-order valence-electron chi connectivity index (χ2n) is 10.5. The molecule has 34 heavy (non-hydrogen) atoms. The van der Waals surface area contributed by atoms with Crippen LogP contribution in [0.5, 0.6) is 0 Å². The molecule has 0 radical (unpaired) electrons. The van der Waals surface area contributed by atoms with Crippen molar-refractivity contribution in [3.63, 3.8) is 0 Å². The predicted octanol–water partition coefficient (Wildman–Crippen LogP) is 5.26. The zero-order valence-corrected chi connectivity index (χ0v) is 22.6. The molecule has 0 amide bonds. The van der Waals surface area contributed by atoms with Gasteiger partial charge in [0.25, 0.3) is 0 Å². The number of rotatable bonds is 15. The third-order valence-electron chi connectivity index (χ3n) is 6.32. The van der Waals surface area contributed by atoms with E-state index in [9.17, 15) is 13.2 Å². The topological polar surface area (TPSA) is 45.8 Å². The van der Waals surface area contributed by atoms with Crippen molar-refractivity contribution >= 4 is 8.07 Å². The Bertz CT molecular complexity index is 728. The number of hydrogen-bond donors (Lipinski definition) is 2. The van der Waals surface area contributed by atoms with Gasteiger partial charge in [0, 0.05) is 45.9 Å². The molecule has 1 aliphatic carbocycles. The van der Waals surface area contributed by atoms with Crippen LogP contribution in [-0.2, 0) is 9.47 Å². The van der Waals surface area contributed by atoms with Crippen LogP contribution < -0.4 is 10.7 Å². The van der Waals surface area contributed by atoms with E-state index in [0.717, 1.165) is 51.2 Å². The quantitative estimate of drug-likeness (QED) is 0.112. The molecule has 1 fully saturated rings. The van der Waals surface area contributed by atoms with Crippen molar-refractivity contribution in [1.82, 2.24) is 15.8 Å². The van der Waals surface area contributed by atoms with E-state index in [1.807, 2.05) is 0 Å². The van der Waals surface area contributed by atoms with Gasteiger partial charge in [0.1, 0.15) is 12.5 Å². The minimum atomic E-state index is -1.06. The average molecular weight is 504 g/mol. The predicted molar refractivity (Wildman–Crippen MR) is 134 cm³/mol. The minimum absolute atomic E-state index is 0.0715. The normalized spacial score (nSPS) is 20.1. The smallest absolute Gasteiger partial charge is 0.165 e. The number of halogens is 3. The van der Waals surface area contributed by atoms with Crippen LogP contribution in [0, 0.1) is 17.5 Å². The lowest BCUT2D eigenvalue weighted by atomic mass is 9.82. The van der Waals surface area contributed by atoms with Gasteiger partial charge in [-0.15, -0.1) is 0 Å². The Morgan fingerprint density at radius 3 is 2.38 bits per heavy atom. The standard InChI is InChI=1S/C25H44F3N3O2Si/c1-6-31(18-32-15-16-34(3,4)5)30-14-13-29-19(2)17-33-21-9-7-20(8-10-21)24-22(26)11-12-23(27)25(24)28/h11-12,19-21,29-30H,6-10,13-18H2,1-5H3. The summed E-state index contributed by atoms with van der Waals surface area (Å²) in [6.45, 7) is 15.7. The Labute approximate surface area is 204 Å². The lowest BCUT2D eigenvalue weighted by Crippen LogP contribution is -2.44. The van der Waals surface area contributed by atoms with E-state index >= 15 is 0 Å². The summed E-state index contributed by atoms with van der Waals surface area (Å²) in [6, 6.07) is 3.22. The number of nitrogens with one attached hydrogen (secondary N) is 2. The molecule has 196 valence electrons. The Hall–Kier alpha value is -0.973. The van der Waals surface area contributed by atoms with Crippen molar-refractivity contribution in [2.24, 2.45) is 0 Å². The first kappa shape index (κ1) is 29.3. The fourth-order valence-corrected chi connectivity index (χ4v) is 4.87. The summed E-state index contributed by atoms with van der Waals surface area (Å²) >= 11 is 0. The first-order valence-electron chi connectivity index (χ1n) is 12.6.